The van der Waals surface area contributed by atoms with Gasteiger partial charge in [0.05, 0.1) is 5.69 Å². The van der Waals surface area contributed by atoms with Crippen LogP contribution in [0.1, 0.15) is 42.6 Å². The van der Waals surface area contributed by atoms with Crippen molar-refractivity contribution in [3.05, 3.63) is 69.4 Å². The van der Waals surface area contributed by atoms with Crippen LogP contribution in [0.5, 0.6) is 5.75 Å². The molecule has 6 heteroatoms. The minimum atomic E-state index is -0.297. The maximum absolute atomic E-state index is 13.2. The lowest BCUT2D eigenvalue weighted by atomic mass is 9.99. The fraction of sp³-hybridized carbons (Fsp3) is 0.458. The lowest BCUT2D eigenvalue weighted by Crippen LogP contribution is -2.33. The Morgan fingerprint density at radius 2 is 1.73 bits per heavy atom. The van der Waals surface area contributed by atoms with Gasteiger partial charge in [-0.1, -0.05) is 24.6 Å². The van der Waals surface area contributed by atoms with Crippen LogP contribution in [0.25, 0.3) is 5.57 Å². The van der Waals surface area contributed by atoms with Crippen molar-refractivity contribution in [1.29, 1.82) is 0 Å². The van der Waals surface area contributed by atoms with Crippen molar-refractivity contribution in [2.75, 3.05) is 26.2 Å². The number of aromatic nitrogens is 1. The first-order valence-electron chi connectivity index (χ1n) is 10.8. The highest BCUT2D eigenvalue weighted by Gasteiger charge is 2.20. The maximum Gasteiger partial charge on any atom is 0.223 e. The van der Waals surface area contributed by atoms with Crippen LogP contribution < -0.4 is 5.43 Å². The summed E-state index contributed by atoms with van der Waals surface area (Å²) in [6, 6.07) is 8.19. The summed E-state index contributed by atoms with van der Waals surface area (Å²) in [5.74, 6) is -0.370. The van der Waals surface area contributed by atoms with Crippen molar-refractivity contribution >= 4 is 5.57 Å². The van der Waals surface area contributed by atoms with E-state index in [1.54, 1.807) is 6.07 Å². The van der Waals surface area contributed by atoms with Gasteiger partial charge in [-0.2, -0.15) is 0 Å². The molecule has 1 fully saturated rings. The lowest BCUT2D eigenvalue weighted by Gasteiger charge is -2.30. The minimum Gasteiger partial charge on any atom is -0.503 e. The van der Waals surface area contributed by atoms with Gasteiger partial charge in [0.1, 0.15) is 5.82 Å². The van der Waals surface area contributed by atoms with E-state index < -0.39 is 0 Å². The topological polar surface area (TPSA) is 48.7 Å². The molecule has 0 saturated carbocycles. The van der Waals surface area contributed by atoms with E-state index >= 15 is 0 Å². The number of nitrogens with zero attached hydrogens (tertiary/aromatic N) is 3. The summed E-state index contributed by atoms with van der Waals surface area (Å²) in [5, 5.41) is 10.5. The van der Waals surface area contributed by atoms with Crippen LogP contribution in [0.2, 0.25) is 0 Å². The summed E-state index contributed by atoms with van der Waals surface area (Å²) < 4.78 is 15.2. The number of halogens is 1. The van der Waals surface area contributed by atoms with Crippen molar-refractivity contribution in [3.8, 4) is 5.75 Å². The number of hydrogen-bond donors (Lipinski definition) is 1. The SMILES string of the molecule is Cn1c(CN2CCCCC2)cc(=O)c(O)c1CN1CC=C(c2ccc(F)cc2)CC1. The lowest BCUT2D eigenvalue weighted by molar-refractivity contribution is 0.214. The Labute approximate surface area is 177 Å². The number of likely N-dealkylation sites (tertiary alicyclic amines) is 1. The molecule has 2 aliphatic rings. The molecular weight excluding hydrogens is 381 g/mol. The van der Waals surface area contributed by atoms with E-state index in [1.807, 2.05) is 23.7 Å². The molecule has 160 valence electrons. The van der Waals surface area contributed by atoms with E-state index in [9.17, 15) is 14.3 Å². The monoisotopic (exact) mass is 411 g/mol. The van der Waals surface area contributed by atoms with E-state index in [4.69, 9.17) is 0 Å². The third-order valence-corrected chi connectivity index (χ3v) is 6.36. The highest BCUT2D eigenvalue weighted by molar-refractivity contribution is 5.66. The van der Waals surface area contributed by atoms with Crippen molar-refractivity contribution in [3.63, 3.8) is 0 Å². The molecule has 5 nitrogen and oxygen atoms in total. The number of piperidine rings is 1. The molecule has 1 aromatic carbocycles. The van der Waals surface area contributed by atoms with Crippen LogP contribution in [-0.2, 0) is 20.1 Å². The van der Waals surface area contributed by atoms with Crippen molar-refractivity contribution in [1.82, 2.24) is 14.4 Å². The molecule has 0 bridgehead atoms. The van der Waals surface area contributed by atoms with Crippen LogP contribution in [-0.4, -0.2) is 45.7 Å². The molecule has 0 radical (unpaired) electrons. The Balaban J connectivity index is 1.49. The van der Waals surface area contributed by atoms with Gasteiger partial charge in [0.15, 0.2) is 5.75 Å². The molecule has 2 aromatic rings. The van der Waals surface area contributed by atoms with Gasteiger partial charge in [-0.25, -0.2) is 4.39 Å². The first kappa shape index (κ1) is 20.8. The molecule has 1 N–H and O–H groups in total. The Morgan fingerprint density at radius 3 is 2.40 bits per heavy atom. The van der Waals surface area contributed by atoms with Crippen LogP contribution in [0.3, 0.4) is 0 Å². The Morgan fingerprint density at radius 1 is 1.00 bits per heavy atom. The molecule has 3 heterocycles. The minimum absolute atomic E-state index is 0.145. The zero-order valence-corrected chi connectivity index (χ0v) is 17.6. The van der Waals surface area contributed by atoms with E-state index in [0.717, 1.165) is 50.4 Å². The van der Waals surface area contributed by atoms with Crippen molar-refractivity contribution in [2.24, 2.45) is 7.05 Å². The second-order valence-electron chi connectivity index (χ2n) is 8.41. The van der Waals surface area contributed by atoms with Gasteiger partial charge in [0.25, 0.3) is 0 Å². The van der Waals surface area contributed by atoms with Gasteiger partial charge < -0.3 is 9.67 Å². The van der Waals surface area contributed by atoms with Crippen LogP contribution >= 0.6 is 0 Å². The summed E-state index contributed by atoms with van der Waals surface area (Å²) >= 11 is 0. The average molecular weight is 412 g/mol. The van der Waals surface area contributed by atoms with Crippen LogP contribution in [0, 0.1) is 5.82 Å². The molecule has 4 rings (SSSR count). The smallest absolute Gasteiger partial charge is 0.223 e. The van der Waals surface area contributed by atoms with E-state index in [1.165, 1.54) is 37.0 Å². The summed E-state index contributed by atoms with van der Waals surface area (Å²) in [7, 11) is 1.94. The van der Waals surface area contributed by atoms with Crippen LogP contribution in [0.4, 0.5) is 4.39 Å². The molecular formula is C24H30FN3O2. The van der Waals surface area contributed by atoms with Crippen molar-refractivity contribution < 1.29 is 9.50 Å². The van der Waals surface area contributed by atoms with Gasteiger partial charge in [-0.15, -0.1) is 0 Å². The van der Waals surface area contributed by atoms with Gasteiger partial charge in [0, 0.05) is 45.0 Å². The third kappa shape index (κ3) is 4.65. The first-order valence-corrected chi connectivity index (χ1v) is 10.8. The molecule has 0 atom stereocenters. The Kier molecular flexibility index (Phi) is 6.35. The Hall–Kier alpha value is -2.44. The number of benzene rings is 1. The second kappa shape index (κ2) is 9.14. The molecule has 0 spiro atoms. The third-order valence-electron chi connectivity index (χ3n) is 6.36. The quantitative estimate of drug-likeness (QED) is 0.818. The number of pyridine rings is 1. The summed E-state index contributed by atoms with van der Waals surface area (Å²) in [5.41, 5.74) is 3.59. The number of hydrogen-bond acceptors (Lipinski definition) is 4. The fourth-order valence-corrected chi connectivity index (χ4v) is 4.46. The molecule has 0 aliphatic carbocycles. The highest BCUT2D eigenvalue weighted by Crippen LogP contribution is 2.25. The van der Waals surface area contributed by atoms with E-state index in [2.05, 4.69) is 15.9 Å². The predicted molar refractivity (Wildman–Crippen MR) is 117 cm³/mol. The second-order valence-corrected chi connectivity index (χ2v) is 8.41. The largest absolute Gasteiger partial charge is 0.503 e. The number of rotatable bonds is 5. The van der Waals surface area contributed by atoms with Gasteiger partial charge in [-0.3, -0.25) is 14.6 Å². The maximum atomic E-state index is 13.2. The van der Waals surface area contributed by atoms with E-state index in [0.29, 0.717) is 12.2 Å². The molecule has 30 heavy (non-hydrogen) atoms. The zero-order valence-electron chi connectivity index (χ0n) is 17.6. The van der Waals surface area contributed by atoms with E-state index in [-0.39, 0.29) is 17.0 Å². The molecule has 1 aromatic heterocycles. The molecule has 1 saturated heterocycles. The van der Waals surface area contributed by atoms with Gasteiger partial charge in [-0.05, 0) is 55.6 Å². The first-order chi connectivity index (χ1) is 14.5. The Bertz CT molecular complexity index is 975. The standard InChI is InChI=1S/C24H30FN3O2/c1-26-21(16-27-11-3-2-4-12-27)15-23(29)24(30)22(26)17-28-13-9-19(10-14-28)18-5-7-20(25)8-6-18/h5-9,15,30H,2-4,10-14,16-17H2,1H3. The summed E-state index contributed by atoms with van der Waals surface area (Å²) in [4.78, 5) is 17.0. The number of aromatic hydroxyl groups is 1. The highest BCUT2D eigenvalue weighted by atomic mass is 19.1. The molecule has 0 unspecified atom stereocenters. The summed E-state index contributed by atoms with van der Waals surface area (Å²) in [6.45, 7) is 4.96. The van der Waals surface area contributed by atoms with Crippen molar-refractivity contribution in [2.45, 2.75) is 38.8 Å². The summed E-state index contributed by atoms with van der Waals surface area (Å²) in [6.07, 6.45) is 6.70. The van der Waals surface area contributed by atoms with Gasteiger partial charge in [0.2, 0.25) is 5.43 Å². The van der Waals surface area contributed by atoms with Gasteiger partial charge >= 0.3 is 0 Å². The molecule has 0 amide bonds. The fourth-order valence-electron chi connectivity index (χ4n) is 4.46. The zero-order chi connectivity index (χ0) is 21.1. The average Bonchev–Trinajstić information content (AvgIpc) is 2.77. The normalized spacial score (nSPS) is 18.4. The predicted octanol–water partition coefficient (Wildman–Crippen LogP) is 3.51. The molecule has 2 aliphatic heterocycles. The van der Waals surface area contributed by atoms with Crippen LogP contribution in [0.15, 0.2) is 41.2 Å².